The van der Waals surface area contributed by atoms with Gasteiger partial charge < -0.3 is 14.1 Å². The fourth-order valence-electron chi connectivity index (χ4n) is 7.54. The van der Waals surface area contributed by atoms with Crippen molar-refractivity contribution in [1.29, 1.82) is 0 Å². The summed E-state index contributed by atoms with van der Waals surface area (Å²) in [6, 6.07) is 16.8. The van der Waals surface area contributed by atoms with Crippen LogP contribution in [0.2, 0.25) is 0 Å². The number of hydrogen-bond acceptors (Lipinski definition) is 7. The number of halogens is 1. The maximum Gasteiger partial charge on any atom is 0.374 e. The Hall–Kier alpha value is -3.92. The summed E-state index contributed by atoms with van der Waals surface area (Å²) >= 11 is 0. The number of aryl methyl sites for hydroxylation is 1. The molecule has 0 atom stereocenters. The second-order valence-electron chi connectivity index (χ2n) is 16.2. The molecular weight excluding hydrogens is 796 g/mol. The number of ether oxygens (including phenoxy) is 1. The summed E-state index contributed by atoms with van der Waals surface area (Å²) in [7, 11) is -4.94. The smallest absolute Gasteiger partial charge is 0.374 e. The highest BCUT2D eigenvalue weighted by atomic mass is 35.7. The van der Waals surface area contributed by atoms with Crippen molar-refractivity contribution in [3.8, 4) is 5.75 Å². The Kier molecular flexibility index (Phi) is 28.4. The second-order valence-corrected chi connectivity index (χ2v) is 16.9. The number of nitrogens with zero attached hydrogens (tertiary/aromatic N) is 2. The molecule has 0 aliphatic carbocycles. The van der Waals surface area contributed by atoms with Crippen LogP contribution >= 0.6 is 0 Å². The lowest BCUT2D eigenvalue weighted by Crippen LogP contribution is -2.68. The molecule has 0 saturated heterocycles. The molecule has 0 unspecified atom stereocenters. The minimum absolute atomic E-state index is 0.892. The number of anilines is 1. The Morgan fingerprint density at radius 3 is 1.63 bits per heavy atom. The summed E-state index contributed by atoms with van der Waals surface area (Å²) in [6.07, 6.45) is 55.3. The Morgan fingerprint density at radius 2 is 1.05 bits per heavy atom. The van der Waals surface area contributed by atoms with Gasteiger partial charge in [0.2, 0.25) is 11.5 Å². The molecule has 0 spiro atoms. The Labute approximate surface area is 376 Å². The molecule has 0 N–H and O–H groups in total. The van der Waals surface area contributed by atoms with Crippen LogP contribution in [0.1, 0.15) is 174 Å². The molecule has 2 aromatic carbocycles. The summed E-state index contributed by atoms with van der Waals surface area (Å²) in [5.41, 5.74) is 3.26. The number of para-hydroxylation sites is 4. The van der Waals surface area contributed by atoms with E-state index < -0.39 is 10.2 Å². The van der Waals surface area contributed by atoms with Crippen LogP contribution in [-0.4, -0.2) is 6.54 Å². The number of oxazole rings is 1. The fourth-order valence-corrected chi connectivity index (χ4v) is 7.54. The largest absolute Gasteiger partial charge is 0.439 e. The molecule has 1 aliphatic rings. The number of benzene rings is 2. The van der Waals surface area contributed by atoms with E-state index in [1.165, 1.54) is 128 Å². The summed E-state index contributed by atoms with van der Waals surface area (Å²) < 4.78 is 49.1. The predicted octanol–water partition coefficient (Wildman–Crippen LogP) is 11.3. The van der Waals surface area contributed by atoms with Gasteiger partial charge in [0.05, 0.1) is 11.8 Å². The summed E-state index contributed by atoms with van der Waals surface area (Å²) in [5, 5.41) is 0. The van der Waals surface area contributed by atoms with Crippen LogP contribution in [0.4, 0.5) is 5.69 Å². The normalized spacial score (nSPS) is 13.8. The Morgan fingerprint density at radius 1 is 0.565 bits per heavy atom. The zero-order valence-electron chi connectivity index (χ0n) is 38.1. The van der Waals surface area contributed by atoms with E-state index in [-0.39, 0.29) is 0 Å². The van der Waals surface area contributed by atoms with Crippen LogP contribution in [0.3, 0.4) is 0 Å². The average Bonchev–Trinajstić information content (AvgIpc) is 3.79. The van der Waals surface area contributed by atoms with Crippen molar-refractivity contribution >= 4 is 22.9 Å². The number of aromatic nitrogens is 1. The van der Waals surface area contributed by atoms with Gasteiger partial charge in [0.1, 0.15) is 0 Å². The lowest BCUT2D eigenvalue weighted by molar-refractivity contribution is -2.00. The third-order valence-corrected chi connectivity index (χ3v) is 10.9. The maximum absolute atomic E-state index is 8.49. The van der Waals surface area contributed by atoms with E-state index in [4.69, 9.17) is 27.8 Å². The van der Waals surface area contributed by atoms with E-state index in [2.05, 4.69) is 139 Å². The molecule has 342 valence electrons. The molecule has 0 bridgehead atoms. The molecule has 8 nitrogen and oxygen atoms in total. The molecule has 62 heavy (non-hydrogen) atoms. The van der Waals surface area contributed by atoms with Crippen molar-refractivity contribution in [1.82, 2.24) is 0 Å². The highest BCUT2D eigenvalue weighted by Crippen LogP contribution is 2.39. The number of allylic oxidation sites excluding steroid dienone is 10. The molecule has 3 aromatic rings. The second kappa shape index (κ2) is 33.6. The van der Waals surface area contributed by atoms with Crippen molar-refractivity contribution in [2.45, 2.75) is 174 Å². The van der Waals surface area contributed by atoms with Crippen LogP contribution < -0.4 is 32.8 Å². The molecule has 0 amide bonds. The standard InChI is InChI=1S/C53H77N2O2.ClHO4/c1-3-5-7-9-11-13-15-17-19-21-23-25-27-29-31-37-46-54-48-40-33-35-42-50(48)56-52(54)44-39-45-53-55(49-41-34-36-43-51(49)57-53)47-38-32-30-28-26-24-22-20-18-16-14-12-10-8-6-4-2;2-1(3,4)5/h11-14,17-20,33-36,39-45H,3-10,15-16,21-32,37-38,46-47H2,1-2H3;(H,2,3,4,5)/q+1;/p-1/b13-11-,14-12-,19-17-,20-18-;. The van der Waals surface area contributed by atoms with Gasteiger partial charge >= 0.3 is 5.89 Å². The van der Waals surface area contributed by atoms with Gasteiger partial charge in [-0.15, -0.1) is 10.2 Å². The molecule has 4 rings (SSSR count). The van der Waals surface area contributed by atoms with Gasteiger partial charge in [-0.3, -0.25) is 0 Å². The van der Waals surface area contributed by atoms with E-state index in [9.17, 15) is 0 Å². The van der Waals surface area contributed by atoms with Crippen molar-refractivity contribution < 1.29 is 42.6 Å². The molecule has 9 heteroatoms. The van der Waals surface area contributed by atoms with E-state index in [0.29, 0.717) is 0 Å². The topological polar surface area (TPSA) is 122 Å². The molecule has 0 saturated carbocycles. The SMILES string of the molecule is CCCCC/C=C\C/C=C\CCCCCCCCN1C(=CC=Cc2oc3ccccc3[n+]2CCCCCCCC/C=C\C/C=C\CCCCC)Oc2ccccc21.[O-][Cl+3]([O-])([O-])[O-]. The van der Waals surface area contributed by atoms with Crippen molar-refractivity contribution in [2.24, 2.45) is 0 Å². The van der Waals surface area contributed by atoms with Gasteiger partial charge in [0.15, 0.2) is 12.3 Å². The van der Waals surface area contributed by atoms with Gasteiger partial charge in [-0.25, -0.2) is 18.6 Å². The monoisotopic (exact) mass is 873 g/mol. The first-order valence-electron chi connectivity index (χ1n) is 23.9. The fraction of sp³-hybridized carbons (Fsp3) is 0.528. The predicted molar refractivity (Wildman–Crippen MR) is 247 cm³/mol. The quantitative estimate of drug-likeness (QED) is 0.0348. The number of rotatable bonds is 32. The number of unbranched alkanes of at least 4 members (excludes halogenated alkanes) is 18. The van der Waals surface area contributed by atoms with E-state index in [0.717, 1.165) is 73.1 Å². The third kappa shape index (κ3) is 24.1. The van der Waals surface area contributed by atoms with Crippen LogP contribution in [0.15, 0.2) is 120 Å². The van der Waals surface area contributed by atoms with E-state index in [1.54, 1.807) is 0 Å². The molecule has 0 radical (unpaired) electrons. The first-order valence-corrected chi connectivity index (χ1v) is 25.1. The third-order valence-electron chi connectivity index (χ3n) is 10.9. The molecule has 1 aromatic heterocycles. The first kappa shape index (κ1) is 52.4. The van der Waals surface area contributed by atoms with Gasteiger partial charge in [-0.2, -0.15) is 4.57 Å². The van der Waals surface area contributed by atoms with Crippen molar-refractivity contribution in [3.63, 3.8) is 0 Å². The Bertz CT molecular complexity index is 1780. The highest BCUT2D eigenvalue weighted by molar-refractivity contribution is 5.70. The molecular formula is C53H77ClN2O6. The van der Waals surface area contributed by atoms with Crippen LogP contribution in [0.25, 0.3) is 17.2 Å². The van der Waals surface area contributed by atoms with Crippen LogP contribution in [0.5, 0.6) is 5.75 Å². The molecule has 1 aliphatic heterocycles. The lowest BCUT2D eigenvalue weighted by atomic mass is 10.1. The number of hydrogen-bond donors (Lipinski definition) is 0. The summed E-state index contributed by atoms with van der Waals surface area (Å²) in [4.78, 5) is 2.35. The zero-order chi connectivity index (χ0) is 44.4. The number of fused-ring (bicyclic) bond motifs is 2. The lowest BCUT2D eigenvalue weighted by Gasteiger charge is -2.18. The Balaban J connectivity index is 0.00000193. The van der Waals surface area contributed by atoms with Crippen LogP contribution in [0, 0.1) is 10.2 Å². The first-order chi connectivity index (χ1) is 30.3. The van der Waals surface area contributed by atoms with Crippen molar-refractivity contribution in [3.05, 3.63) is 121 Å². The minimum Gasteiger partial charge on any atom is -0.439 e. The van der Waals surface area contributed by atoms with Gasteiger partial charge in [-0.1, -0.05) is 157 Å². The average molecular weight is 874 g/mol. The summed E-state index contributed by atoms with van der Waals surface area (Å²) in [5.74, 6) is 2.72. The van der Waals surface area contributed by atoms with Gasteiger partial charge in [-0.05, 0) is 107 Å². The van der Waals surface area contributed by atoms with E-state index in [1.807, 2.05) is 0 Å². The van der Waals surface area contributed by atoms with Crippen LogP contribution in [-0.2, 0) is 6.54 Å². The highest BCUT2D eigenvalue weighted by Gasteiger charge is 2.25. The van der Waals surface area contributed by atoms with Crippen molar-refractivity contribution in [2.75, 3.05) is 11.4 Å². The molecule has 0 fully saturated rings. The van der Waals surface area contributed by atoms with Gasteiger partial charge in [0, 0.05) is 19.0 Å². The zero-order valence-corrected chi connectivity index (χ0v) is 38.8. The minimum atomic E-state index is -4.94. The summed E-state index contributed by atoms with van der Waals surface area (Å²) in [6.45, 7) is 6.45. The molecule has 2 heterocycles. The van der Waals surface area contributed by atoms with E-state index >= 15 is 0 Å². The maximum atomic E-state index is 8.49. The van der Waals surface area contributed by atoms with Gasteiger partial charge in [0.25, 0.3) is 5.52 Å².